The molecule has 1 aliphatic heterocycles. The maximum absolute atomic E-state index is 12.6. The lowest BCUT2D eigenvalue weighted by Gasteiger charge is -2.27. The lowest BCUT2D eigenvalue weighted by molar-refractivity contribution is -0.117. The zero-order chi connectivity index (χ0) is 23.7. The summed E-state index contributed by atoms with van der Waals surface area (Å²) in [6.07, 6.45) is 8.13. The highest BCUT2D eigenvalue weighted by Crippen LogP contribution is 2.37. The van der Waals surface area contributed by atoms with Gasteiger partial charge in [0.15, 0.2) is 9.84 Å². The van der Waals surface area contributed by atoms with Crippen molar-refractivity contribution in [2.75, 3.05) is 13.2 Å². The van der Waals surface area contributed by atoms with Gasteiger partial charge in [-0.25, -0.2) is 13.4 Å². The van der Waals surface area contributed by atoms with Crippen LogP contribution in [0.3, 0.4) is 0 Å². The minimum absolute atomic E-state index is 0.0831. The molecule has 0 bridgehead atoms. The predicted octanol–water partition coefficient (Wildman–Crippen LogP) is 4.35. The molecule has 180 valence electrons. The molecule has 3 heterocycles. The zero-order valence-corrected chi connectivity index (χ0v) is 20.3. The summed E-state index contributed by atoms with van der Waals surface area (Å²) >= 11 is 0. The summed E-state index contributed by atoms with van der Waals surface area (Å²) in [7, 11) is -3.20. The van der Waals surface area contributed by atoms with Gasteiger partial charge in [0, 0.05) is 31.0 Å². The Hall–Kier alpha value is -2.71. The highest BCUT2D eigenvalue weighted by molar-refractivity contribution is 7.92. The Bertz CT molecular complexity index is 1250. The molecule has 2 aromatic heterocycles. The van der Waals surface area contributed by atoms with Gasteiger partial charge >= 0.3 is 0 Å². The average Bonchev–Trinajstić information content (AvgIpc) is 3.42. The molecule has 1 unspecified atom stereocenters. The van der Waals surface area contributed by atoms with Crippen LogP contribution in [0.2, 0.25) is 0 Å². The van der Waals surface area contributed by atoms with Crippen LogP contribution in [0.5, 0.6) is 0 Å². The van der Waals surface area contributed by atoms with E-state index in [0.717, 1.165) is 68.0 Å². The van der Waals surface area contributed by atoms with Gasteiger partial charge in [-0.3, -0.25) is 4.79 Å². The van der Waals surface area contributed by atoms with Crippen LogP contribution in [-0.2, 0) is 25.9 Å². The fourth-order valence-electron chi connectivity index (χ4n) is 4.83. The largest absolute Gasteiger partial charge is 0.381 e. The molecule has 1 aliphatic carbocycles. The Morgan fingerprint density at radius 1 is 1.12 bits per heavy atom. The molecule has 1 atom stereocenters. The van der Waals surface area contributed by atoms with E-state index < -0.39 is 9.84 Å². The van der Waals surface area contributed by atoms with Crippen LogP contribution < -0.4 is 0 Å². The van der Waals surface area contributed by atoms with Crippen molar-refractivity contribution in [1.29, 1.82) is 0 Å². The Morgan fingerprint density at radius 2 is 1.85 bits per heavy atom. The summed E-state index contributed by atoms with van der Waals surface area (Å²) in [6.45, 7) is 3.45. The molecule has 2 aliphatic rings. The summed E-state index contributed by atoms with van der Waals surface area (Å²) in [5, 5.41) is -0.204. The highest BCUT2D eigenvalue weighted by atomic mass is 32.2. The minimum Gasteiger partial charge on any atom is -0.381 e. The smallest absolute Gasteiger partial charge is 0.181 e. The normalized spacial score (nSPS) is 18.1. The molecule has 3 aromatic rings. The topological polar surface area (TPSA) is 94.1 Å². The van der Waals surface area contributed by atoms with Gasteiger partial charge < -0.3 is 14.3 Å². The Morgan fingerprint density at radius 3 is 2.53 bits per heavy atom. The summed E-state index contributed by atoms with van der Waals surface area (Å²) in [5.74, 6) is 0.753. The number of hydrogen-bond donors (Lipinski definition) is 1. The molecule has 1 N–H and O–H groups in total. The highest BCUT2D eigenvalue weighted by Gasteiger charge is 2.37. The molecule has 1 saturated heterocycles. The summed E-state index contributed by atoms with van der Waals surface area (Å²) < 4.78 is 32.6. The molecule has 1 aromatic carbocycles. The van der Waals surface area contributed by atoms with Crippen LogP contribution in [0.25, 0.3) is 11.4 Å². The third-order valence-electron chi connectivity index (χ3n) is 6.88. The summed E-state index contributed by atoms with van der Waals surface area (Å²) in [6, 6.07) is 11.6. The van der Waals surface area contributed by atoms with E-state index in [9.17, 15) is 13.2 Å². The minimum atomic E-state index is -3.20. The van der Waals surface area contributed by atoms with Crippen molar-refractivity contribution >= 4 is 15.6 Å². The van der Waals surface area contributed by atoms with Crippen LogP contribution in [0.4, 0.5) is 0 Å². The second kappa shape index (κ2) is 9.50. The molecule has 0 radical (unpaired) electrons. The van der Waals surface area contributed by atoms with Gasteiger partial charge in [0.1, 0.15) is 11.5 Å². The number of H-pyrrole nitrogens is 1. The molecule has 0 amide bonds. The van der Waals surface area contributed by atoms with E-state index in [2.05, 4.69) is 16.0 Å². The number of sulfone groups is 1. The number of carbonyl (C=O) groups excluding carboxylic acids is 1. The van der Waals surface area contributed by atoms with Crippen LogP contribution in [-0.4, -0.2) is 47.2 Å². The molecule has 8 heteroatoms. The lowest BCUT2D eigenvalue weighted by atomic mass is 9.83. The SMILES string of the molecule is CC(=O)Cn1cnc(-c2ccc(C(CC3CCOCC3)c3ccc(S(=O)(=O)C4CC4)cc3)[nH]2)c1. The second-order valence-corrected chi connectivity index (χ2v) is 11.8. The molecule has 0 spiro atoms. The van der Waals surface area contributed by atoms with Gasteiger partial charge in [0.2, 0.25) is 0 Å². The van der Waals surface area contributed by atoms with E-state index in [1.54, 1.807) is 30.0 Å². The fraction of sp³-hybridized carbons (Fsp3) is 0.462. The number of hydrogen-bond acceptors (Lipinski definition) is 5. The molecule has 34 heavy (non-hydrogen) atoms. The average molecular weight is 482 g/mol. The van der Waals surface area contributed by atoms with E-state index in [1.165, 1.54) is 0 Å². The van der Waals surface area contributed by atoms with Gasteiger partial charge in [-0.05, 0) is 74.8 Å². The van der Waals surface area contributed by atoms with E-state index >= 15 is 0 Å². The first-order chi connectivity index (χ1) is 16.4. The number of benzene rings is 1. The second-order valence-electron chi connectivity index (χ2n) is 9.62. The van der Waals surface area contributed by atoms with Crippen molar-refractivity contribution in [3.63, 3.8) is 0 Å². The fourth-order valence-corrected chi connectivity index (χ4v) is 6.48. The Kier molecular flexibility index (Phi) is 6.44. The Balaban J connectivity index is 1.42. The lowest BCUT2D eigenvalue weighted by Crippen LogP contribution is -2.19. The standard InChI is InChI=1S/C26H31N3O4S/c1-18(30)15-29-16-26(27-17-29)25-9-8-24(28-25)23(14-19-10-12-33-13-11-19)20-2-4-21(5-3-20)34(31,32)22-6-7-22/h2-5,8-9,16-17,19,22-23,28H,6-7,10-15H2,1H3. The first-order valence-corrected chi connectivity index (χ1v) is 13.6. The van der Waals surface area contributed by atoms with Gasteiger partial charge in [-0.15, -0.1) is 0 Å². The van der Waals surface area contributed by atoms with E-state index in [0.29, 0.717) is 17.4 Å². The van der Waals surface area contributed by atoms with Crippen molar-refractivity contribution < 1.29 is 17.9 Å². The zero-order valence-electron chi connectivity index (χ0n) is 19.4. The van der Waals surface area contributed by atoms with Crippen molar-refractivity contribution in [2.24, 2.45) is 5.92 Å². The van der Waals surface area contributed by atoms with Crippen LogP contribution in [0.15, 0.2) is 53.8 Å². The van der Waals surface area contributed by atoms with E-state index in [1.807, 2.05) is 24.4 Å². The molecular formula is C26H31N3O4S. The number of Topliss-reactive ketones (excluding diaryl/α,β-unsaturated/α-hetero) is 1. The van der Waals surface area contributed by atoms with Crippen LogP contribution >= 0.6 is 0 Å². The molecule has 2 fully saturated rings. The molecule has 1 saturated carbocycles. The van der Waals surface area contributed by atoms with E-state index in [-0.39, 0.29) is 17.0 Å². The van der Waals surface area contributed by atoms with Crippen molar-refractivity contribution in [3.05, 3.63) is 60.2 Å². The maximum Gasteiger partial charge on any atom is 0.181 e. The third-order valence-corrected chi connectivity index (χ3v) is 9.16. The third kappa shape index (κ3) is 5.03. The number of imidazole rings is 1. The van der Waals surface area contributed by atoms with Crippen molar-refractivity contribution in [3.8, 4) is 11.4 Å². The number of nitrogens with one attached hydrogen (secondary N) is 1. The molecule has 7 nitrogen and oxygen atoms in total. The quantitative estimate of drug-likeness (QED) is 0.490. The first kappa shape index (κ1) is 23.1. The molecule has 5 rings (SSSR count). The predicted molar refractivity (Wildman–Crippen MR) is 129 cm³/mol. The number of carbonyl (C=O) groups is 1. The first-order valence-electron chi connectivity index (χ1n) is 12.0. The van der Waals surface area contributed by atoms with Gasteiger partial charge in [-0.2, -0.15) is 0 Å². The Labute approximate surface area is 200 Å². The van der Waals surface area contributed by atoms with Gasteiger partial charge in [-0.1, -0.05) is 12.1 Å². The van der Waals surface area contributed by atoms with E-state index in [4.69, 9.17) is 4.74 Å². The summed E-state index contributed by atoms with van der Waals surface area (Å²) in [4.78, 5) is 19.8. The number of ketones is 1. The van der Waals surface area contributed by atoms with Gasteiger partial charge in [0.25, 0.3) is 0 Å². The number of ether oxygens (including phenoxy) is 1. The van der Waals surface area contributed by atoms with Gasteiger partial charge in [0.05, 0.1) is 28.7 Å². The van der Waals surface area contributed by atoms with Crippen molar-refractivity contribution in [1.82, 2.24) is 14.5 Å². The molecular weight excluding hydrogens is 450 g/mol. The monoisotopic (exact) mass is 481 g/mol. The maximum atomic E-state index is 12.6. The number of rotatable bonds is 9. The summed E-state index contributed by atoms with van der Waals surface area (Å²) in [5.41, 5.74) is 3.89. The number of aromatic nitrogens is 3. The van der Waals surface area contributed by atoms with Crippen LogP contribution in [0, 0.1) is 5.92 Å². The number of nitrogens with zero attached hydrogens (tertiary/aromatic N) is 2. The van der Waals surface area contributed by atoms with Crippen LogP contribution in [0.1, 0.15) is 56.2 Å². The number of aromatic amines is 1. The van der Waals surface area contributed by atoms with Crippen molar-refractivity contribution in [2.45, 2.75) is 61.6 Å².